The molecule has 1 aromatic carbocycles. The zero-order chi connectivity index (χ0) is 18.2. The normalized spacial score (nSPS) is 11.4. The second-order valence-electron chi connectivity index (χ2n) is 6.30. The number of hydrogen-bond acceptors (Lipinski definition) is 5. The Morgan fingerprint density at radius 1 is 1.00 bits per heavy atom. The minimum Gasteiger partial charge on any atom is -0.307 e. The molecule has 4 heterocycles. The monoisotopic (exact) mass is 372 g/mol. The molecule has 0 unspecified atom stereocenters. The van der Waals surface area contributed by atoms with Crippen LogP contribution in [0.3, 0.4) is 0 Å². The summed E-state index contributed by atoms with van der Waals surface area (Å²) in [5.41, 5.74) is 4.99. The number of aryl methyl sites for hydroxylation is 1. The van der Waals surface area contributed by atoms with E-state index in [-0.39, 0.29) is 0 Å². The molecule has 5 rings (SSSR count). The number of nitrogens with zero attached hydrogens (tertiary/aromatic N) is 6. The first-order valence-electron chi connectivity index (χ1n) is 8.59. The average Bonchev–Trinajstić information content (AvgIpc) is 3.30. The number of aromatic nitrogens is 6. The van der Waals surface area contributed by atoms with Gasteiger partial charge in [-0.15, -0.1) is 0 Å². The average molecular weight is 372 g/mol. The molecule has 0 amide bonds. The van der Waals surface area contributed by atoms with Crippen molar-refractivity contribution >= 4 is 28.4 Å². The molecule has 0 saturated heterocycles. The largest absolute Gasteiger partial charge is 0.307 e. The number of rotatable bonds is 4. The fraction of sp³-hybridized carbons (Fsp3) is 0.100. The summed E-state index contributed by atoms with van der Waals surface area (Å²) in [6.45, 7) is 2.08. The molecule has 7 heteroatoms. The van der Waals surface area contributed by atoms with Crippen LogP contribution in [0.15, 0.2) is 72.4 Å². The van der Waals surface area contributed by atoms with Gasteiger partial charge in [-0.25, -0.2) is 19.6 Å². The molecule has 27 heavy (non-hydrogen) atoms. The van der Waals surface area contributed by atoms with Crippen LogP contribution in [0.4, 0.5) is 0 Å². The van der Waals surface area contributed by atoms with Crippen LogP contribution in [0.5, 0.6) is 0 Å². The predicted octanol–water partition coefficient (Wildman–Crippen LogP) is 4.06. The van der Waals surface area contributed by atoms with Crippen molar-refractivity contribution in [3.05, 3.63) is 78.6 Å². The maximum atomic E-state index is 4.68. The maximum absolute atomic E-state index is 4.68. The van der Waals surface area contributed by atoms with Crippen molar-refractivity contribution in [2.45, 2.75) is 17.7 Å². The Hall–Kier alpha value is -3.19. The standard InChI is InChI=1S/C20H16N6S/c1-14-7-8-18-24-15(11-25(18)10-14)12-27-20-17-9-23-26(19(17)21-13-22-20)16-5-3-2-4-6-16/h2-11,13H,12H2,1H3. The van der Waals surface area contributed by atoms with Gasteiger partial charge in [-0.3, -0.25) is 0 Å². The van der Waals surface area contributed by atoms with E-state index in [1.54, 1.807) is 18.1 Å². The Kier molecular flexibility index (Phi) is 3.86. The van der Waals surface area contributed by atoms with Crippen molar-refractivity contribution in [1.29, 1.82) is 0 Å². The van der Waals surface area contributed by atoms with Crippen LogP contribution < -0.4 is 0 Å². The zero-order valence-electron chi connectivity index (χ0n) is 14.6. The highest BCUT2D eigenvalue weighted by Gasteiger charge is 2.12. The van der Waals surface area contributed by atoms with E-state index in [9.17, 15) is 0 Å². The highest BCUT2D eigenvalue weighted by Crippen LogP contribution is 2.28. The van der Waals surface area contributed by atoms with Crippen LogP contribution in [0.25, 0.3) is 22.4 Å². The third-order valence-corrected chi connectivity index (χ3v) is 5.37. The molecular formula is C20H16N6S. The van der Waals surface area contributed by atoms with Crippen molar-refractivity contribution in [3.8, 4) is 5.69 Å². The topological polar surface area (TPSA) is 60.9 Å². The van der Waals surface area contributed by atoms with Gasteiger partial charge in [-0.1, -0.05) is 36.0 Å². The van der Waals surface area contributed by atoms with Gasteiger partial charge in [0.05, 0.1) is 23.0 Å². The van der Waals surface area contributed by atoms with E-state index in [2.05, 4.69) is 49.8 Å². The summed E-state index contributed by atoms with van der Waals surface area (Å²) < 4.78 is 3.91. The number of benzene rings is 1. The van der Waals surface area contributed by atoms with Gasteiger partial charge in [0.1, 0.15) is 17.0 Å². The van der Waals surface area contributed by atoms with E-state index in [0.717, 1.165) is 38.8 Å². The fourth-order valence-corrected chi connectivity index (χ4v) is 3.91. The summed E-state index contributed by atoms with van der Waals surface area (Å²) in [6, 6.07) is 14.1. The van der Waals surface area contributed by atoms with Gasteiger partial charge < -0.3 is 4.40 Å². The molecule has 0 saturated carbocycles. The smallest absolute Gasteiger partial charge is 0.167 e. The van der Waals surface area contributed by atoms with E-state index >= 15 is 0 Å². The van der Waals surface area contributed by atoms with E-state index in [4.69, 9.17) is 0 Å². The molecule has 0 atom stereocenters. The summed E-state index contributed by atoms with van der Waals surface area (Å²) in [4.78, 5) is 13.6. The van der Waals surface area contributed by atoms with Crippen LogP contribution in [0.2, 0.25) is 0 Å². The summed E-state index contributed by atoms with van der Waals surface area (Å²) in [7, 11) is 0. The first-order valence-corrected chi connectivity index (χ1v) is 9.58. The van der Waals surface area contributed by atoms with Gasteiger partial charge in [-0.05, 0) is 30.7 Å². The molecule has 4 aromatic heterocycles. The van der Waals surface area contributed by atoms with Crippen LogP contribution >= 0.6 is 11.8 Å². The molecule has 5 aromatic rings. The quantitative estimate of drug-likeness (QED) is 0.352. The Labute approximate surface area is 159 Å². The van der Waals surface area contributed by atoms with Gasteiger partial charge in [0, 0.05) is 18.1 Å². The third-order valence-electron chi connectivity index (χ3n) is 4.34. The highest BCUT2D eigenvalue weighted by atomic mass is 32.2. The maximum Gasteiger partial charge on any atom is 0.167 e. The summed E-state index contributed by atoms with van der Waals surface area (Å²) in [5.74, 6) is 0.739. The van der Waals surface area contributed by atoms with Gasteiger partial charge in [0.15, 0.2) is 5.65 Å². The molecule has 132 valence electrons. The molecule has 0 N–H and O–H groups in total. The molecular weight excluding hydrogens is 356 g/mol. The molecule has 0 spiro atoms. The molecule has 0 fully saturated rings. The Bertz CT molecular complexity index is 1240. The third kappa shape index (κ3) is 2.96. The highest BCUT2D eigenvalue weighted by molar-refractivity contribution is 7.98. The van der Waals surface area contributed by atoms with Crippen LogP contribution in [0.1, 0.15) is 11.3 Å². The Balaban J connectivity index is 1.45. The lowest BCUT2D eigenvalue weighted by atomic mass is 10.3. The number of thioether (sulfide) groups is 1. The minimum absolute atomic E-state index is 0.739. The van der Waals surface area contributed by atoms with Crippen molar-refractivity contribution in [1.82, 2.24) is 29.1 Å². The number of hydrogen-bond donors (Lipinski definition) is 0. The van der Waals surface area contributed by atoms with E-state index < -0.39 is 0 Å². The van der Waals surface area contributed by atoms with Crippen molar-refractivity contribution in [2.24, 2.45) is 0 Å². The molecule has 6 nitrogen and oxygen atoms in total. The second-order valence-corrected chi connectivity index (χ2v) is 7.26. The first kappa shape index (κ1) is 16.0. The SMILES string of the molecule is Cc1ccc2nc(CSc3ncnc4c3cnn4-c3ccccc3)cn2c1. The lowest BCUT2D eigenvalue weighted by molar-refractivity contribution is 0.893. The molecule has 0 bridgehead atoms. The van der Waals surface area contributed by atoms with Gasteiger partial charge >= 0.3 is 0 Å². The first-order chi connectivity index (χ1) is 13.3. The van der Waals surface area contributed by atoms with Crippen molar-refractivity contribution in [3.63, 3.8) is 0 Å². The molecule has 0 radical (unpaired) electrons. The Morgan fingerprint density at radius 3 is 2.78 bits per heavy atom. The van der Waals surface area contributed by atoms with E-state index in [1.165, 1.54) is 5.56 Å². The molecule has 0 aliphatic heterocycles. The van der Waals surface area contributed by atoms with Crippen LogP contribution in [-0.4, -0.2) is 29.1 Å². The predicted molar refractivity (Wildman–Crippen MR) is 106 cm³/mol. The zero-order valence-corrected chi connectivity index (χ0v) is 15.5. The number of imidazole rings is 1. The minimum atomic E-state index is 0.739. The molecule has 0 aliphatic carbocycles. The van der Waals surface area contributed by atoms with E-state index in [1.807, 2.05) is 47.3 Å². The van der Waals surface area contributed by atoms with Gasteiger partial charge in [0.2, 0.25) is 0 Å². The summed E-state index contributed by atoms with van der Waals surface area (Å²) in [6.07, 6.45) is 7.58. The van der Waals surface area contributed by atoms with E-state index in [0.29, 0.717) is 0 Å². The van der Waals surface area contributed by atoms with Gasteiger partial charge in [-0.2, -0.15) is 5.10 Å². The molecule has 0 aliphatic rings. The number of para-hydroxylation sites is 1. The Morgan fingerprint density at radius 2 is 1.89 bits per heavy atom. The van der Waals surface area contributed by atoms with Crippen molar-refractivity contribution in [2.75, 3.05) is 0 Å². The summed E-state index contributed by atoms with van der Waals surface area (Å²) >= 11 is 1.65. The number of pyridine rings is 1. The van der Waals surface area contributed by atoms with Gasteiger partial charge in [0.25, 0.3) is 0 Å². The van der Waals surface area contributed by atoms with Crippen LogP contribution in [-0.2, 0) is 5.75 Å². The fourth-order valence-electron chi connectivity index (χ4n) is 3.06. The summed E-state index contributed by atoms with van der Waals surface area (Å²) in [5, 5.41) is 6.37. The lowest BCUT2D eigenvalue weighted by Gasteiger charge is -2.03. The van der Waals surface area contributed by atoms with Crippen molar-refractivity contribution < 1.29 is 0 Å². The number of fused-ring (bicyclic) bond motifs is 2. The second kappa shape index (κ2) is 6.51. The van der Waals surface area contributed by atoms with Crippen LogP contribution in [0, 0.1) is 6.92 Å². The lowest BCUT2D eigenvalue weighted by Crippen LogP contribution is -1.97.